The molecule has 3 N–H and O–H groups in total. The highest BCUT2D eigenvalue weighted by atomic mass is 16.5. The van der Waals surface area contributed by atoms with Gasteiger partial charge in [-0.25, -0.2) is 5.43 Å². The molecule has 0 spiro atoms. The van der Waals surface area contributed by atoms with Gasteiger partial charge in [0.25, 0.3) is 0 Å². The number of hydrogen-bond acceptors (Lipinski definition) is 6. The van der Waals surface area contributed by atoms with Gasteiger partial charge in [0, 0.05) is 18.4 Å². The van der Waals surface area contributed by atoms with E-state index < -0.39 is 0 Å². The topological polar surface area (TPSA) is 80.9 Å². The van der Waals surface area contributed by atoms with Gasteiger partial charge in [-0.1, -0.05) is 24.3 Å². The Hall–Kier alpha value is -2.77. The van der Waals surface area contributed by atoms with E-state index in [2.05, 4.69) is 23.1 Å². The number of amides is 1. The Morgan fingerprint density at radius 3 is 2.48 bits per heavy atom. The highest BCUT2D eigenvalue weighted by molar-refractivity contribution is 5.76. The van der Waals surface area contributed by atoms with Crippen molar-refractivity contribution in [2.45, 2.75) is 51.7 Å². The molecule has 1 heterocycles. The quantitative estimate of drug-likeness (QED) is 0.541. The molecule has 0 saturated carbocycles. The number of nitrogens with one attached hydrogen (secondary N) is 3. The molecule has 1 saturated heterocycles. The summed E-state index contributed by atoms with van der Waals surface area (Å²) in [6.45, 7) is 7.13. The van der Waals surface area contributed by atoms with E-state index in [1.54, 1.807) is 7.11 Å². The second-order valence-electron chi connectivity index (χ2n) is 7.53. The normalized spacial score (nSPS) is 20.3. The molecule has 0 aromatic heterocycles. The molecule has 0 aliphatic carbocycles. The first-order chi connectivity index (χ1) is 15.1. The minimum atomic E-state index is -0.229. The summed E-state index contributed by atoms with van der Waals surface area (Å²) in [6.07, 6.45) is 0.772. The third kappa shape index (κ3) is 5.68. The Morgan fingerprint density at radius 2 is 1.74 bits per heavy atom. The highest BCUT2D eigenvalue weighted by Gasteiger charge is 2.35. The molecule has 1 aliphatic rings. The van der Waals surface area contributed by atoms with E-state index in [0.29, 0.717) is 26.1 Å². The maximum Gasteiger partial charge on any atom is 0.221 e. The molecule has 3 unspecified atom stereocenters. The maximum atomic E-state index is 12.7. The van der Waals surface area contributed by atoms with Gasteiger partial charge >= 0.3 is 0 Å². The van der Waals surface area contributed by atoms with E-state index in [9.17, 15) is 4.79 Å². The number of carbonyl (C=O) groups is 1. The molecule has 2 aromatic carbocycles. The summed E-state index contributed by atoms with van der Waals surface area (Å²) in [7, 11) is 1.65. The Bertz CT molecular complexity index is 874. The maximum absolute atomic E-state index is 12.7. The molecule has 7 nitrogen and oxygen atoms in total. The van der Waals surface area contributed by atoms with Gasteiger partial charge in [-0.15, -0.1) is 0 Å². The second kappa shape index (κ2) is 11.0. The van der Waals surface area contributed by atoms with Crippen molar-refractivity contribution < 1.29 is 19.0 Å². The molecule has 1 fully saturated rings. The van der Waals surface area contributed by atoms with Gasteiger partial charge in [0.1, 0.15) is 11.9 Å². The lowest BCUT2D eigenvalue weighted by Gasteiger charge is -2.24. The molecule has 2 aromatic rings. The van der Waals surface area contributed by atoms with E-state index in [4.69, 9.17) is 14.2 Å². The van der Waals surface area contributed by atoms with E-state index in [1.807, 2.05) is 56.3 Å². The van der Waals surface area contributed by atoms with Crippen LogP contribution in [0.2, 0.25) is 0 Å². The van der Waals surface area contributed by atoms with Gasteiger partial charge in [0.05, 0.1) is 20.3 Å². The van der Waals surface area contributed by atoms with Crippen molar-refractivity contribution in [1.82, 2.24) is 16.2 Å². The zero-order chi connectivity index (χ0) is 22.2. The van der Waals surface area contributed by atoms with Crippen LogP contribution in [0.25, 0.3) is 0 Å². The first-order valence-electron chi connectivity index (χ1n) is 10.9. The number of hydrazine groups is 1. The summed E-state index contributed by atoms with van der Waals surface area (Å²) in [5.41, 5.74) is 8.57. The molecule has 1 aliphatic heterocycles. The average Bonchev–Trinajstić information content (AvgIpc) is 3.13. The van der Waals surface area contributed by atoms with Crippen molar-refractivity contribution >= 4 is 5.91 Å². The van der Waals surface area contributed by atoms with E-state index in [0.717, 1.165) is 28.4 Å². The minimum Gasteiger partial charge on any atom is -0.496 e. The van der Waals surface area contributed by atoms with Crippen LogP contribution in [0.1, 0.15) is 44.2 Å². The molecular formula is C24H33N3O4. The summed E-state index contributed by atoms with van der Waals surface area (Å²) in [5, 5.41) is 3.13. The molecular weight excluding hydrogens is 394 g/mol. The van der Waals surface area contributed by atoms with E-state index in [-0.39, 0.29) is 24.0 Å². The molecule has 1 amide bonds. The summed E-state index contributed by atoms with van der Waals surface area (Å²) >= 11 is 0. The van der Waals surface area contributed by atoms with Gasteiger partial charge in [-0.3, -0.25) is 10.2 Å². The molecule has 3 atom stereocenters. The van der Waals surface area contributed by atoms with Crippen LogP contribution >= 0.6 is 0 Å². The molecule has 0 radical (unpaired) electrons. The second-order valence-corrected chi connectivity index (χ2v) is 7.53. The van der Waals surface area contributed by atoms with Gasteiger partial charge in [0.2, 0.25) is 5.91 Å². The fraction of sp³-hybridized carbons (Fsp3) is 0.458. The van der Waals surface area contributed by atoms with Crippen LogP contribution < -0.4 is 30.4 Å². The standard InChI is InChI=1S/C24H33N3O4/c1-5-30-20-13-11-18(15-21(20)31-6-2)23-16(3)26-27-24(23)25-22(28)14-12-17-9-7-8-10-19(17)29-4/h7-11,13,15-16,23-24,26-27H,5-6,12,14H2,1-4H3,(H,25,28). The van der Waals surface area contributed by atoms with Crippen molar-refractivity contribution in [3.8, 4) is 17.2 Å². The number of benzene rings is 2. The molecule has 168 valence electrons. The van der Waals surface area contributed by atoms with Crippen molar-refractivity contribution in [3.05, 3.63) is 53.6 Å². The molecule has 0 bridgehead atoms. The lowest BCUT2D eigenvalue weighted by molar-refractivity contribution is -0.122. The number of carbonyl (C=O) groups excluding carboxylic acids is 1. The third-order valence-electron chi connectivity index (χ3n) is 5.45. The van der Waals surface area contributed by atoms with Crippen molar-refractivity contribution in [1.29, 1.82) is 0 Å². The summed E-state index contributed by atoms with van der Waals surface area (Å²) in [6, 6.07) is 13.9. The number of aryl methyl sites for hydroxylation is 1. The van der Waals surface area contributed by atoms with Gasteiger partial charge < -0.3 is 19.5 Å². The first-order valence-corrected chi connectivity index (χ1v) is 10.9. The van der Waals surface area contributed by atoms with Crippen molar-refractivity contribution in [2.75, 3.05) is 20.3 Å². The fourth-order valence-corrected chi connectivity index (χ4v) is 3.97. The average molecular weight is 428 g/mol. The van der Waals surface area contributed by atoms with Crippen LogP contribution in [0.15, 0.2) is 42.5 Å². The fourth-order valence-electron chi connectivity index (χ4n) is 3.97. The monoisotopic (exact) mass is 427 g/mol. The Morgan fingerprint density at radius 1 is 1.00 bits per heavy atom. The van der Waals surface area contributed by atoms with E-state index in [1.165, 1.54) is 0 Å². The van der Waals surface area contributed by atoms with Crippen molar-refractivity contribution in [2.24, 2.45) is 0 Å². The Labute approximate surface area is 184 Å². The SMILES string of the molecule is CCOc1ccc(C2C(C)NNC2NC(=O)CCc2ccccc2OC)cc1OCC. The summed E-state index contributed by atoms with van der Waals surface area (Å²) in [4.78, 5) is 12.7. The summed E-state index contributed by atoms with van der Waals surface area (Å²) in [5.74, 6) is 2.30. The lowest BCUT2D eigenvalue weighted by atomic mass is 9.91. The lowest BCUT2D eigenvalue weighted by Crippen LogP contribution is -2.46. The number of hydrogen-bond donors (Lipinski definition) is 3. The summed E-state index contributed by atoms with van der Waals surface area (Å²) < 4.78 is 16.8. The zero-order valence-corrected chi connectivity index (χ0v) is 18.7. The number of methoxy groups -OCH3 is 1. The van der Waals surface area contributed by atoms with Crippen molar-refractivity contribution in [3.63, 3.8) is 0 Å². The zero-order valence-electron chi connectivity index (χ0n) is 18.7. The third-order valence-corrected chi connectivity index (χ3v) is 5.45. The van der Waals surface area contributed by atoms with Gasteiger partial charge in [0.15, 0.2) is 11.5 Å². The van der Waals surface area contributed by atoms with Crippen LogP contribution in [0.3, 0.4) is 0 Å². The number of rotatable bonds is 10. The smallest absolute Gasteiger partial charge is 0.221 e. The van der Waals surface area contributed by atoms with Crippen LogP contribution in [0, 0.1) is 0 Å². The minimum absolute atomic E-state index is 0.0136. The number of para-hydroxylation sites is 1. The molecule has 3 rings (SSSR count). The van der Waals surface area contributed by atoms with Crippen LogP contribution in [0.4, 0.5) is 0 Å². The predicted octanol–water partition coefficient (Wildman–Crippen LogP) is 3.15. The van der Waals surface area contributed by atoms with Gasteiger partial charge in [-0.2, -0.15) is 0 Å². The van der Waals surface area contributed by atoms with Crippen LogP contribution in [-0.2, 0) is 11.2 Å². The molecule has 31 heavy (non-hydrogen) atoms. The first kappa shape index (κ1) is 22.9. The highest BCUT2D eigenvalue weighted by Crippen LogP contribution is 2.34. The van der Waals surface area contributed by atoms with E-state index >= 15 is 0 Å². The van der Waals surface area contributed by atoms with Crippen LogP contribution in [-0.4, -0.2) is 38.4 Å². The van der Waals surface area contributed by atoms with Gasteiger partial charge in [-0.05, 0) is 56.5 Å². The molecule has 7 heteroatoms. The Kier molecular flexibility index (Phi) is 8.14. The number of ether oxygens (including phenoxy) is 3. The Balaban J connectivity index is 1.69. The predicted molar refractivity (Wildman–Crippen MR) is 121 cm³/mol. The largest absolute Gasteiger partial charge is 0.496 e. The van der Waals surface area contributed by atoms with Crippen LogP contribution in [0.5, 0.6) is 17.2 Å².